The monoisotopic (exact) mass is 502 g/mol. The second-order valence-corrected chi connectivity index (χ2v) is 9.64. The lowest BCUT2D eigenvalue weighted by Gasteiger charge is -2.25. The van der Waals surface area contributed by atoms with Gasteiger partial charge in [0.1, 0.15) is 11.9 Å². The third-order valence-corrected chi connectivity index (χ3v) is 7.05. The Morgan fingerprint density at radius 1 is 0.971 bits per heavy atom. The van der Waals surface area contributed by atoms with Crippen molar-refractivity contribution in [2.24, 2.45) is 9.98 Å². The molecule has 3 aromatic rings. The molecular weight excluding hydrogens is 480 g/mol. The number of fused-ring (bicyclic) bond motifs is 3. The molecule has 5 rings (SSSR count). The van der Waals surface area contributed by atoms with Gasteiger partial charge in [0.15, 0.2) is 5.17 Å². The Labute approximate surface area is 213 Å². The Hall–Kier alpha value is -3.42. The molecule has 0 spiro atoms. The number of carbonyl (C=O) groups excluding carboxylic acids is 2. The fourth-order valence-corrected chi connectivity index (χ4v) is 5.08. The summed E-state index contributed by atoms with van der Waals surface area (Å²) in [6.07, 6.45) is 0.738. The van der Waals surface area contributed by atoms with Gasteiger partial charge in [-0.2, -0.15) is 0 Å². The van der Waals surface area contributed by atoms with Crippen molar-refractivity contribution in [3.8, 4) is 0 Å². The number of amides is 2. The SMILES string of the molecule is O=C(C[C@@H]1N=C2c3ccccc3N=C(SCc3ccc(Cl)cc3)N2C1=O)NCCc1ccccc1. The molecule has 8 heteroatoms. The molecule has 6 nitrogen and oxygen atoms in total. The van der Waals surface area contributed by atoms with Gasteiger partial charge in [0.25, 0.3) is 5.91 Å². The summed E-state index contributed by atoms with van der Waals surface area (Å²) in [5.41, 5.74) is 3.78. The molecule has 0 saturated carbocycles. The minimum Gasteiger partial charge on any atom is -0.356 e. The van der Waals surface area contributed by atoms with Gasteiger partial charge in [0.05, 0.1) is 12.1 Å². The van der Waals surface area contributed by atoms with Crippen LogP contribution in [0.3, 0.4) is 0 Å². The minimum atomic E-state index is -0.769. The van der Waals surface area contributed by atoms with Crippen LogP contribution in [-0.4, -0.2) is 40.3 Å². The molecule has 0 unspecified atom stereocenters. The van der Waals surface area contributed by atoms with Crippen molar-refractivity contribution in [3.05, 3.63) is 101 Å². The highest BCUT2D eigenvalue weighted by Gasteiger charge is 2.42. The first kappa shape index (κ1) is 23.3. The molecule has 0 bridgehead atoms. The van der Waals surface area contributed by atoms with Gasteiger partial charge in [-0.05, 0) is 41.8 Å². The van der Waals surface area contributed by atoms with Gasteiger partial charge in [-0.1, -0.05) is 78.0 Å². The summed E-state index contributed by atoms with van der Waals surface area (Å²) in [4.78, 5) is 37.0. The lowest BCUT2D eigenvalue weighted by atomic mass is 10.1. The summed E-state index contributed by atoms with van der Waals surface area (Å²) in [5, 5.41) is 4.16. The number of halogens is 1. The number of rotatable bonds is 7. The number of aliphatic imine (C=N–C) groups is 2. The first-order valence-electron chi connectivity index (χ1n) is 11.4. The standard InChI is InChI=1S/C27H23ClN4O2S/c28-20-12-10-19(11-13-20)17-35-27-31-22-9-5-4-8-21(22)25-30-23(26(34)32(25)27)16-24(33)29-15-14-18-6-2-1-3-7-18/h1-13,23H,14-17H2,(H,29,33)/t23-/m0/s1. The number of thioether (sulfide) groups is 1. The van der Waals surface area contributed by atoms with E-state index < -0.39 is 6.04 Å². The number of nitrogens with one attached hydrogen (secondary N) is 1. The van der Waals surface area contributed by atoms with Crippen LogP contribution in [0.4, 0.5) is 5.69 Å². The summed E-state index contributed by atoms with van der Waals surface area (Å²) in [6.45, 7) is 0.510. The quantitative estimate of drug-likeness (QED) is 0.495. The molecule has 0 fully saturated rings. The van der Waals surface area contributed by atoms with E-state index in [-0.39, 0.29) is 18.2 Å². The van der Waals surface area contributed by atoms with Crippen LogP contribution in [0.2, 0.25) is 5.02 Å². The molecule has 2 aliphatic rings. The molecule has 2 amide bonds. The predicted molar refractivity (Wildman–Crippen MR) is 141 cm³/mol. The van der Waals surface area contributed by atoms with E-state index in [9.17, 15) is 9.59 Å². The Balaban J connectivity index is 1.29. The number of amidine groups is 2. The summed E-state index contributed by atoms with van der Waals surface area (Å²) >= 11 is 7.46. The average Bonchev–Trinajstić information content (AvgIpc) is 3.20. The lowest BCUT2D eigenvalue weighted by Crippen LogP contribution is -2.42. The van der Waals surface area contributed by atoms with E-state index in [1.807, 2.05) is 78.9 Å². The first-order chi connectivity index (χ1) is 17.1. The maximum absolute atomic E-state index is 13.4. The average molecular weight is 503 g/mol. The number of para-hydroxylation sites is 1. The van der Waals surface area contributed by atoms with Gasteiger partial charge in [-0.3, -0.25) is 14.6 Å². The highest BCUT2D eigenvalue weighted by Crippen LogP contribution is 2.34. The van der Waals surface area contributed by atoms with Crippen molar-refractivity contribution in [2.45, 2.75) is 24.6 Å². The molecular formula is C27H23ClN4O2S. The van der Waals surface area contributed by atoms with Crippen LogP contribution in [0, 0.1) is 0 Å². The molecule has 0 radical (unpaired) electrons. The molecule has 1 atom stereocenters. The fraction of sp³-hybridized carbons (Fsp3) is 0.185. The Bertz CT molecular complexity index is 1310. The van der Waals surface area contributed by atoms with Gasteiger partial charge in [-0.25, -0.2) is 9.89 Å². The zero-order valence-corrected chi connectivity index (χ0v) is 20.4. The smallest absolute Gasteiger partial charge is 0.259 e. The van der Waals surface area contributed by atoms with Crippen molar-refractivity contribution in [1.29, 1.82) is 0 Å². The lowest BCUT2D eigenvalue weighted by molar-refractivity contribution is -0.128. The van der Waals surface area contributed by atoms with Crippen molar-refractivity contribution >= 4 is 51.9 Å². The molecule has 35 heavy (non-hydrogen) atoms. The number of benzene rings is 3. The van der Waals surface area contributed by atoms with Gasteiger partial charge in [-0.15, -0.1) is 0 Å². The second kappa shape index (κ2) is 10.5. The molecule has 3 aromatic carbocycles. The van der Waals surface area contributed by atoms with Crippen LogP contribution in [0.25, 0.3) is 0 Å². The molecule has 176 valence electrons. The topological polar surface area (TPSA) is 74.1 Å². The van der Waals surface area contributed by atoms with E-state index >= 15 is 0 Å². The minimum absolute atomic E-state index is 0.00488. The number of nitrogens with zero attached hydrogens (tertiary/aromatic N) is 3. The summed E-state index contributed by atoms with van der Waals surface area (Å²) < 4.78 is 0. The fourth-order valence-electron chi connectivity index (χ4n) is 4.00. The summed E-state index contributed by atoms with van der Waals surface area (Å²) in [5.74, 6) is 0.764. The molecule has 2 heterocycles. The second-order valence-electron chi connectivity index (χ2n) is 8.26. The number of hydrogen-bond acceptors (Lipinski definition) is 5. The van der Waals surface area contributed by atoms with E-state index in [1.54, 1.807) is 4.90 Å². The van der Waals surface area contributed by atoms with E-state index in [0.717, 1.165) is 28.8 Å². The van der Waals surface area contributed by atoms with Crippen LogP contribution in [-0.2, 0) is 21.8 Å². The maximum atomic E-state index is 13.4. The van der Waals surface area contributed by atoms with Gasteiger partial charge in [0, 0.05) is 22.9 Å². The molecule has 0 saturated heterocycles. The largest absolute Gasteiger partial charge is 0.356 e. The third kappa shape index (κ3) is 5.31. The Kier molecular flexibility index (Phi) is 6.97. The predicted octanol–water partition coefficient (Wildman–Crippen LogP) is 4.98. The zero-order chi connectivity index (χ0) is 24.2. The van der Waals surface area contributed by atoms with Gasteiger partial charge in [0.2, 0.25) is 5.91 Å². The third-order valence-electron chi connectivity index (χ3n) is 5.79. The maximum Gasteiger partial charge on any atom is 0.259 e. The van der Waals surface area contributed by atoms with Crippen molar-refractivity contribution in [2.75, 3.05) is 6.54 Å². The van der Waals surface area contributed by atoms with Gasteiger partial charge < -0.3 is 5.32 Å². The summed E-state index contributed by atoms with van der Waals surface area (Å²) in [7, 11) is 0. The van der Waals surface area contributed by atoms with Crippen molar-refractivity contribution < 1.29 is 9.59 Å². The Morgan fingerprint density at radius 2 is 1.71 bits per heavy atom. The molecule has 0 aromatic heterocycles. The van der Waals surface area contributed by atoms with E-state index in [0.29, 0.717) is 28.3 Å². The van der Waals surface area contributed by atoms with E-state index in [2.05, 4.69) is 10.3 Å². The number of hydrogen-bond donors (Lipinski definition) is 1. The Morgan fingerprint density at radius 3 is 2.51 bits per heavy atom. The molecule has 1 N–H and O–H groups in total. The van der Waals surface area contributed by atoms with E-state index in [4.69, 9.17) is 16.6 Å². The van der Waals surface area contributed by atoms with Gasteiger partial charge >= 0.3 is 0 Å². The van der Waals surface area contributed by atoms with Crippen molar-refractivity contribution in [1.82, 2.24) is 10.2 Å². The van der Waals surface area contributed by atoms with Crippen molar-refractivity contribution in [3.63, 3.8) is 0 Å². The summed E-state index contributed by atoms with van der Waals surface area (Å²) in [6, 6.07) is 24.4. The van der Waals surface area contributed by atoms with Crippen LogP contribution in [0.1, 0.15) is 23.1 Å². The highest BCUT2D eigenvalue weighted by atomic mass is 35.5. The first-order valence-corrected chi connectivity index (χ1v) is 12.7. The normalized spacial score (nSPS) is 16.3. The molecule has 2 aliphatic heterocycles. The number of carbonyl (C=O) groups is 2. The van der Waals surface area contributed by atoms with E-state index in [1.165, 1.54) is 11.8 Å². The van der Waals surface area contributed by atoms with Crippen LogP contribution < -0.4 is 5.32 Å². The molecule has 0 aliphatic carbocycles. The van der Waals surface area contributed by atoms with Crippen LogP contribution >= 0.6 is 23.4 Å². The zero-order valence-electron chi connectivity index (χ0n) is 18.9. The van der Waals surface area contributed by atoms with Crippen LogP contribution in [0.5, 0.6) is 0 Å². The highest BCUT2D eigenvalue weighted by molar-refractivity contribution is 8.13. The van der Waals surface area contributed by atoms with Crippen LogP contribution in [0.15, 0.2) is 88.8 Å².